The molecule has 142 valence electrons. The molecule has 0 amide bonds. The van der Waals surface area contributed by atoms with Crippen molar-refractivity contribution in [3.63, 3.8) is 0 Å². The molecule has 3 aromatic rings. The highest BCUT2D eigenvalue weighted by Gasteiger charge is 2.29. The predicted octanol–water partition coefficient (Wildman–Crippen LogP) is 3.02. The number of halogens is 1. The Labute approximate surface area is 157 Å². The monoisotopic (exact) mass is 387 g/mol. The molecule has 2 atom stereocenters. The molecule has 5 nitrogen and oxygen atoms in total. The first kappa shape index (κ1) is 18.2. The van der Waals surface area contributed by atoms with Gasteiger partial charge >= 0.3 is 0 Å². The fraction of sp³-hybridized carbons (Fsp3) is 0.300. The molecule has 0 bridgehead atoms. The van der Waals surface area contributed by atoms with E-state index in [0.717, 1.165) is 47.1 Å². The Kier molecular flexibility index (Phi) is 4.33. The normalized spacial score (nSPS) is 20.2. The standard InChI is InChI=1S/C20H22FN3O2S/c1-24(2)13-9-17-16-11-15(7-8-19(16)23-20(17)18(22)10-13)27(25,26)14-5-3-12(21)4-6-14/h3-8,11,13,18,23H,9-10,22H2,1-2H3. The smallest absolute Gasteiger partial charge is 0.206 e. The molecule has 0 fully saturated rings. The lowest BCUT2D eigenvalue weighted by molar-refractivity contribution is 0.251. The Morgan fingerprint density at radius 3 is 2.44 bits per heavy atom. The first-order valence-corrected chi connectivity index (χ1v) is 10.3. The van der Waals surface area contributed by atoms with Crippen molar-refractivity contribution in [1.82, 2.24) is 9.88 Å². The molecule has 0 radical (unpaired) electrons. The van der Waals surface area contributed by atoms with Crippen LogP contribution < -0.4 is 5.73 Å². The van der Waals surface area contributed by atoms with Crippen LogP contribution in [0.5, 0.6) is 0 Å². The van der Waals surface area contributed by atoms with Gasteiger partial charge in [0.05, 0.1) is 9.79 Å². The number of rotatable bonds is 3. The van der Waals surface area contributed by atoms with E-state index < -0.39 is 15.7 Å². The van der Waals surface area contributed by atoms with Gasteiger partial charge in [-0.15, -0.1) is 0 Å². The van der Waals surface area contributed by atoms with Crippen LogP contribution in [0.3, 0.4) is 0 Å². The summed E-state index contributed by atoms with van der Waals surface area (Å²) >= 11 is 0. The van der Waals surface area contributed by atoms with E-state index in [-0.39, 0.29) is 15.8 Å². The SMILES string of the molecule is CN(C)C1Cc2c([nH]c3ccc(S(=O)(=O)c4ccc(F)cc4)cc23)C(N)C1. The van der Waals surface area contributed by atoms with Crippen LogP contribution >= 0.6 is 0 Å². The minimum absolute atomic E-state index is 0.0792. The fourth-order valence-corrected chi connectivity index (χ4v) is 5.11. The molecule has 27 heavy (non-hydrogen) atoms. The van der Waals surface area contributed by atoms with Gasteiger partial charge < -0.3 is 15.6 Å². The lowest BCUT2D eigenvalue weighted by Crippen LogP contribution is -2.37. The van der Waals surface area contributed by atoms with Crippen LogP contribution in [0.25, 0.3) is 10.9 Å². The number of fused-ring (bicyclic) bond motifs is 3. The van der Waals surface area contributed by atoms with E-state index in [4.69, 9.17) is 5.73 Å². The largest absolute Gasteiger partial charge is 0.357 e. The highest BCUT2D eigenvalue weighted by atomic mass is 32.2. The van der Waals surface area contributed by atoms with Crippen molar-refractivity contribution in [3.05, 3.63) is 59.5 Å². The summed E-state index contributed by atoms with van der Waals surface area (Å²) in [4.78, 5) is 5.79. The van der Waals surface area contributed by atoms with E-state index in [0.29, 0.717) is 6.04 Å². The van der Waals surface area contributed by atoms with E-state index in [1.165, 1.54) is 12.1 Å². The Bertz CT molecular complexity index is 1100. The van der Waals surface area contributed by atoms with Crippen molar-refractivity contribution in [2.75, 3.05) is 14.1 Å². The zero-order valence-corrected chi connectivity index (χ0v) is 16.1. The summed E-state index contributed by atoms with van der Waals surface area (Å²) < 4.78 is 39.1. The number of nitrogens with one attached hydrogen (secondary N) is 1. The molecule has 0 saturated heterocycles. The molecule has 7 heteroatoms. The van der Waals surface area contributed by atoms with E-state index in [2.05, 4.69) is 9.88 Å². The first-order valence-electron chi connectivity index (χ1n) is 8.84. The van der Waals surface area contributed by atoms with Gasteiger partial charge in [0.1, 0.15) is 5.82 Å². The maximum Gasteiger partial charge on any atom is 0.206 e. The number of H-pyrrole nitrogens is 1. The van der Waals surface area contributed by atoms with Crippen LogP contribution in [0, 0.1) is 5.82 Å². The number of likely N-dealkylation sites (N-methyl/N-ethyl adjacent to an activating group) is 1. The minimum atomic E-state index is -3.72. The maximum atomic E-state index is 13.2. The molecule has 0 saturated carbocycles. The molecule has 2 aromatic carbocycles. The van der Waals surface area contributed by atoms with Crippen LogP contribution in [0.1, 0.15) is 23.7 Å². The zero-order chi connectivity index (χ0) is 19.3. The lowest BCUT2D eigenvalue weighted by Gasteiger charge is -2.31. The van der Waals surface area contributed by atoms with Gasteiger partial charge in [-0.05, 0) is 75.0 Å². The maximum absolute atomic E-state index is 13.2. The molecule has 0 spiro atoms. The van der Waals surface area contributed by atoms with Gasteiger partial charge in [0.2, 0.25) is 9.84 Å². The average molecular weight is 387 g/mol. The highest BCUT2D eigenvalue weighted by molar-refractivity contribution is 7.91. The summed E-state index contributed by atoms with van der Waals surface area (Å²) in [5, 5.41) is 0.884. The third-order valence-corrected chi connectivity index (χ3v) is 7.18. The first-order chi connectivity index (χ1) is 12.8. The molecule has 1 aliphatic carbocycles. The number of aromatic nitrogens is 1. The topological polar surface area (TPSA) is 79.2 Å². The number of aromatic amines is 1. The fourth-order valence-electron chi connectivity index (χ4n) is 3.82. The van der Waals surface area contributed by atoms with Crippen molar-refractivity contribution in [2.24, 2.45) is 5.73 Å². The molecule has 1 aliphatic rings. The Hall–Kier alpha value is -2.22. The number of benzene rings is 2. The molecule has 3 N–H and O–H groups in total. The summed E-state index contributed by atoms with van der Waals surface area (Å²) in [6.07, 6.45) is 1.67. The van der Waals surface area contributed by atoms with E-state index in [1.54, 1.807) is 18.2 Å². The van der Waals surface area contributed by atoms with Crippen molar-refractivity contribution in [2.45, 2.75) is 34.7 Å². The van der Waals surface area contributed by atoms with Crippen molar-refractivity contribution < 1.29 is 12.8 Å². The van der Waals surface area contributed by atoms with Gasteiger partial charge in [0.15, 0.2) is 0 Å². The number of hydrogen-bond donors (Lipinski definition) is 2. The average Bonchev–Trinajstić information content (AvgIpc) is 3.00. The Morgan fingerprint density at radius 1 is 1.11 bits per heavy atom. The third-order valence-electron chi connectivity index (χ3n) is 5.41. The number of hydrogen-bond acceptors (Lipinski definition) is 4. The second kappa shape index (κ2) is 6.44. The van der Waals surface area contributed by atoms with E-state index >= 15 is 0 Å². The molecular weight excluding hydrogens is 365 g/mol. The molecule has 4 rings (SSSR count). The molecule has 2 unspecified atom stereocenters. The van der Waals surface area contributed by atoms with Crippen LogP contribution in [0.4, 0.5) is 4.39 Å². The van der Waals surface area contributed by atoms with Crippen LogP contribution in [0.2, 0.25) is 0 Å². The van der Waals surface area contributed by atoms with Gasteiger partial charge in [0, 0.05) is 28.7 Å². The highest BCUT2D eigenvalue weighted by Crippen LogP contribution is 2.36. The van der Waals surface area contributed by atoms with Crippen LogP contribution in [0.15, 0.2) is 52.3 Å². The quantitative estimate of drug-likeness (QED) is 0.677. The summed E-state index contributed by atoms with van der Waals surface area (Å²) in [6, 6.07) is 10.2. The Morgan fingerprint density at radius 2 is 1.78 bits per heavy atom. The zero-order valence-electron chi connectivity index (χ0n) is 15.2. The van der Waals surface area contributed by atoms with Gasteiger partial charge in [-0.3, -0.25) is 0 Å². The molecule has 1 heterocycles. The molecule has 1 aromatic heterocycles. The molecular formula is C20H22FN3O2S. The summed E-state index contributed by atoms with van der Waals surface area (Å²) in [5.41, 5.74) is 9.31. The number of nitrogens with two attached hydrogens (primary N) is 1. The van der Waals surface area contributed by atoms with E-state index in [9.17, 15) is 12.8 Å². The van der Waals surface area contributed by atoms with E-state index in [1.807, 2.05) is 14.1 Å². The predicted molar refractivity (Wildman–Crippen MR) is 103 cm³/mol. The van der Waals surface area contributed by atoms with Crippen LogP contribution in [-0.2, 0) is 16.3 Å². The second-order valence-corrected chi connectivity index (χ2v) is 9.30. The second-order valence-electron chi connectivity index (χ2n) is 7.35. The van der Waals surface area contributed by atoms with Gasteiger partial charge in [0.25, 0.3) is 0 Å². The summed E-state index contributed by atoms with van der Waals surface area (Å²) in [6.45, 7) is 0. The van der Waals surface area contributed by atoms with Crippen molar-refractivity contribution in [1.29, 1.82) is 0 Å². The van der Waals surface area contributed by atoms with Crippen molar-refractivity contribution >= 4 is 20.7 Å². The molecule has 0 aliphatic heterocycles. The summed E-state index contributed by atoms with van der Waals surface area (Å²) in [7, 11) is 0.342. The van der Waals surface area contributed by atoms with Crippen LogP contribution in [-0.4, -0.2) is 38.4 Å². The number of sulfone groups is 1. The van der Waals surface area contributed by atoms with Gasteiger partial charge in [-0.25, -0.2) is 12.8 Å². The van der Waals surface area contributed by atoms with Gasteiger partial charge in [-0.2, -0.15) is 0 Å². The van der Waals surface area contributed by atoms with Crippen molar-refractivity contribution in [3.8, 4) is 0 Å². The number of nitrogens with zero attached hydrogens (tertiary/aromatic N) is 1. The lowest BCUT2D eigenvalue weighted by atomic mass is 9.88. The Balaban J connectivity index is 1.83. The summed E-state index contributed by atoms with van der Waals surface area (Å²) in [5.74, 6) is -0.465. The van der Waals surface area contributed by atoms with Gasteiger partial charge in [-0.1, -0.05) is 0 Å². The third kappa shape index (κ3) is 3.05. The minimum Gasteiger partial charge on any atom is -0.357 e.